The summed E-state index contributed by atoms with van der Waals surface area (Å²) in [5, 5.41) is 0. The monoisotopic (exact) mass is 306 g/mol. The Morgan fingerprint density at radius 2 is 1.73 bits per heavy atom. The number of carbonyl (C=O) groups is 1. The summed E-state index contributed by atoms with van der Waals surface area (Å²) in [7, 11) is 1.43. The van der Waals surface area contributed by atoms with E-state index in [1.807, 2.05) is 18.2 Å². The average molecular weight is 306 g/mol. The predicted octanol–water partition coefficient (Wildman–Crippen LogP) is 4.92. The molecule has 0 fully saturated rings. The molecule has 3 nitrogen and oxygen atoms in total. The molecule has 0 unspecified atom stereocenters. The molecule has 0 heterocycles. The summed E-state index contributed by atoms with van der Waals surface area (Å²) < 4.78 is 10.6. The van der Waals surface area contributed by atoms with Crippen LogP contribution in [0.5, 0.6) is 5.75 Å². The van der Waals surface area contributed by atoms with Gasteiger partial charge in [0.25, 0.3) is 0 Å². The highest BCUT2D eigenvalue weighted by Gasteiger charge is 2.05. The van der Waals surface area contributed by atoms with Gasteiger partial charge in [-0.25, -0.2) is 0 Å². The fourth-order valence-electron chi connectivity index (χ4n) is 2.44. The molecular weight excluding hydrogens is 276 g/mol. The van der Waals surface area contributed by atoms with E-state index in [1.54, 1.807) is 0 Å². The summed E-state index contributed by atoms with van der Waals surface area (Å²) in [6, 6.07) is 8.11. The SMILES string of the molecule is CCCCCCCCOc1ccccc1CCCC(=O)OC. The van der Waals surface area contributed by atoms with Crippen molar-refractivity contribution in [2.24, 2.45) is 0 Å². The molecule has 0 spiro atoms. The zero-order valence-corrected chi connectivity index (χ0v) is 14.1. The molecule has 0 radical (unpaired) electrons. The van der Waals surface area contributed by atoms with Crippen LogP contribution in [0.3, 0.4) is 0 Å². The van der Waals surface area contributed by atoms with Gasteiger partial charge in [0.2, 0.25) is 0 Å². The third-order valence-electron chi connectivity index (χ3n) is 3.78. The van der Waals surface area contributed by atoms with Gasteiger partial charge in [0, 0.05) is 6.42 Å². The molecule has 22 heavy (non-hydrogen) atoms. The molecule has 1 aromatic carbocycles. The quantitative estimate of drug-likeness (QED) is 0.406. The number of methoxy groups -OCH3 is 1. The third-order valence-corrected chi connectivity index (χ3v) is 3.78. The number of hydrogen-bond acceptors (Lipinski definition) is 3. The minimum Gasteiger partial charge on any atom is -0.493 e. The molecule has 0 bridgehead atoms. The van der Waals surface area contributed by atoms with E-state index >= 15 is 0 Å². The van der Waals surface area contributed by atoms with Crippen LogP contribution in [0.25, 0.3) is 0 Å². The number of benzene rings is 1. The number of aryl methyl sites for hydroxylation is 1. The number of rotatable bonds is 12. The lowest BCUT2D eigenvalue weighted by Crippen LogP contribution is -2.03. The van der Waals surface area contributed by atoms with Gasteiger partial charge in [0.1, 0.15) is 5.75 Å². The van der Waals surface area contributed by atoms with Gasteiger partial charge in [-0.2, -0.15) is 0 Å². The lowest BCUT2D eigenvalue weighted by molar-refractivity contribution is -0.140. The van der Waals surface area contributed by atoms with Crippen molar-refractivity contribution in [1.82, 2.24) is 0 Å². The third kappa shape index (κ3) is 8.06. The molecule has 1 aromatic rings. The van der Waals surface area contributed by atoms with E-state index in [4.69, 9.17) is 4.74 Å². The molecule has 0 aliphatic rings. The maximum atomic E-state index is 11.2. The van der Waals surface area contributed by atoms with Crippen molar-refractivity contribution >= 4 is 5.97 Å². The van der Waals surface area contributed by atoms with E-state index in [1.165, 1.54) is 44.8 Å². The van der Waals surface area contributed by atoms with E-state index < -0.39 is 0 Å². The van der Waals surface area contributed by atoms with E-state index in [2.05, 4.69) is 17.7 Å². The van der Waals surface area contributed by atoms with Crippen molar-refractivity contribution < 1.29 is 14.3 Å². The van der Waals surface area contributed by atoms with Crippen LogP contribution in [0.15, 0.2) is 24.3 Å². The Labute approximate surface area is 135 Å². The summed E-state index contributed by atoms with van der Waals surface area (Å²) in [6.45, 7) is 3.01. The van der Waals surface area contributed by atoms with Crippen molar-refractivity contribution in [3.05, 3.63) is 29.8 Å². The highest BCUT2D eigenvalue weighted by atomic mass is 16.5. The minimum absolute atomic E-state index is 0.148. The second-order valence-corrected chi connectivity index (χ2v) is 5.65. The first-order valence-electron chi connectivity index (χ1n) is 8.55. The lowest BCUT2D eigenvalue weighted by atomic mass is 10.1. The molecule has 0 amide bonds. The molecule has 0 aliphatic carbocycles. The standard InChI is InChI=1S/C19H30O3/c1-3-4-5-6-7-10-16-22-18-14-9-8-12-17(18)13-11-15-19(20)21-2/h8-9,12,14H,3-7,10-11,13,15-16H2,1-2H3. The van der Waals surface area contributed by atoms with Crippen LogP contribution in [-0.2, 0) is 16.0 Å². The summed E-state index contributed by atoms with van der Waals surface area (Å²) >= 11 is 0. The fraction of sp³-hybridized carbons (Fsp3) is 0.632. The normalized spacial score (nSPS) is 10.5. The number of carbonyl (C=O) groups excluding carboxylic acids is 1. The second kappa shape index (κ2) is 12.1. The first kappa shape index (κ1) is 18.5. The second-order valence-electron chi connectivity index (χ2n) is 5.65. The maximum absolute atomic E-state index is 11.2. The summed E-state index contributed by atoms with van der Waals surface area (Å²) in [6.07, 6.45) is 9.72. The number of unbranched alkanes of at least 4 members (excludes halogenated alkanes) is 5. The van der Waals surface area contributed by atoms with E-state index in [0.717, 1.165) is 31.6 Å². The Morgan fingerprint density at radius 1 is 1.00 bits per heavy atom. The largest absolute Gasteiger partial charge is 0.493 e. The molecule has 0 N–H and O–H groups in total. The Balaban J connectivity index is 2.26. The molecule has 3 heteroatoms. The molecule has 1 rings (SSSR count). The number of hydrogen-bond donors (Lipinski definition) is 0. The average Bonchev–Trinajstić information content (AvgIpc) is 2.55. The Morgan fingerprint density at radius 3 is 2.50 bits per heavy atom. The van der Waals surface area contributed by atoms with Crippen LogP contribution in [0.2, 0.25) is 0 Å². The highest BCUT2D eigenvalue weighted by Crippen LogP contribution is 2.20. The lowest BCUT2D eigenvalue weighted by Gasteiger charge is -2.11. The summed E-state index contributed by atoms with van der Waals surface area (Å²) in [4.78, 5) is 11.2. The predicted molar refractivity (Wildman–Crippen MR) is 90.3 cm³/mol. The zero-order valence-electron chi connectivity index (χ0n) is 14.1. The number of ether oxygens (including phenoxy) is 2. The smallest absolute Gasteiger partial charge is 0.305 e. The van der Waals surface area contributed by atoms with Gasteiger partial charge in [-0.1, -0.05) is 57.2 Å². The molecular formula is C19H30O3. The fourth-order valence-corrected chi connectivity index (χ4v) is 2.44. The van der Waals surface area contributed by atoms with Crippen molar-refractivity contribution in [3.63, 3.8) is 0 Å². The van der Waals surface area contributed by atoms with E-state index in [9.17, 15) is 4.79 Å². The van der Waals surface area contributed by atoms with Crippen LogP contribution < -0.4 is 4.74 Å². The van der Waals surface area contributed by atoms with Crippen LogP contribution >= 0.6 is 0 Å². The molecule has 0 saturated carbocycles. The summed E-state index contributed by atoms with van der Waals surface area (Å²) in [5.41, 5.74) is 1.18. The molecule has 124 valence electrons. The maximum Gasteiger partial charge on any atom is 0.305 e. The topological polar surface area (TPSA) is 35.5 Å². The van der Waals surface area contributed by atoms with Gasteiger partial charge in [0.05, 0.1) is 13.7 Å². The van der Waals surface area contributed by atoms with Gasteiger partial charge in [-0.05, 0) is 30.9 Å². The summed E-state index contributed by atoms with van der Waals surface area (Å²) in [5.74, 6) is 0.811. The minimum atomic E-state index is -0.148. The Hall–Kier alpha value is -1.51. The van der Waals surface area contributed by atoms with Crippen LogP contribution in [0, 0.1) is 0 Å². The van der Waals surface area contributed by atoms with E-state index in [-0.39, 0.29) is 5.97 Å². The first-order valence-corrected chi connectivity index (χ1v) is 8.55. The molecule has 0 saturated heterocycles. The van der Waals surface area contributed by atoms with Crippen molar-refractivity contribution in [2.45, 2.75) is 64.7 Å². The number of esters is 1. The van der Waals surface area contributed by atoms with Gasteiger partial charge in [-0.3, -0.25) is 4.79 Å². The van der Waals surface area contributed by atoms with Crippen LogP contribution in [-0.4, -0.2) is 19.7 Å². The van der Waals surface area contributed by atoms with Gasteiger partial charge >= 0.3 is 5.97 Å². The molecule has 0 aromatic heterocycles. The number of para-hydroxylation sites is 1. The van der Waals surface area contributed by atoms with Gasteiger partial charge in [0.15, 0.2) is 0 Å². The van der Waals surface area contributed by atoms with Gasteiger partial charge in [-0.15, -0.1) is 0 Å². The Bertz CT molecular complexity index is 415. The van der Waals surface area contributed by atoms with Crippen LogP contribution in [0.4, 0.5) is 0 Å². The van der Waals surface area contributed by atoms with E-state index in [0.29, 0.717) is 6.42 Å². The highest BCUT2D eigenvalue weighted by molar-refractivity contribution is 5.69. The Kier molecular flexibility index (Phi) is 10.2. The molecule has 0 aliphatic heterocycles. The van der Waals surface area contributed by atoms with Gasteiger partial charge < -0.3 is 9.47 Å². The first-order chi connectivity index (χ1) is 10.8. The molecule has 0 atom stereocenters. The van der Waals surface area contributed by atoms with Crippen LogP contribution in [0.1, 0.15) is 63.9 Å². The van der Waals surface area contributed by atoms with Crippen molar-refractivity contribution in [1.29, 1.82) is 0 Å². The van der Waals surface area contributed by atoms with Crippen molar-refractivity contribution in [3.8, 4) is 5.75 Å². The zero-order chi connectivity index (χ0) is 16.0. The van der Waals surface area contributed by atoms with Crippen molar-refractivity contribution in [2.75, 3.05) is 13.7 Å².